The highest BCUT2D eigenvalue weighted by atomic mass is 16.7. The fraction of sp³-hybridized carbons (Fsp3) is 0.185. The highest BCUT2D eigenvalue weighted by Crippen LogP contribution is 2.34. The first kappa shape index (κ1) is 23.7. The minimum atomic E-state index is -0.465. The van der Waals surface area contributed by atoms with Crippen molar-refractivity contribution in [3.63, 3.8) is 0 Å². The van der Waals surface area contributed by atoms with Crippen molar-refractivity contribution in [2.75, 3.05) is 12.1 Å². The monoisotopic (exact) mass is 471 g/mol. The molecule has 0 unspecified atom stereocenters. The molecule has 0 radical (unpaired) electrons. The van der Waals surface area contributed by atoms with E-state index in [1.54, 1.807) is 25.1 Å². The Balaban J connectivity index is 1.46. The second-order valence-corrected chi connectivity index (χ2v) is 8.05. The molecule has 8 nitrogen and oxygen atoms in total. The zero-order valence-electron chi connectivity index (χ0n) is 19.3. The summed E-state index contributed by atoms with van der Waals surface area (Å²) in [6.45, 7) is 1.75. The summed E-state index contributed by atoms with van der Waals surface area (Å²) in [4.78, 5) is 38.6. The molecule has 0 spiro atoms. The minimum absolute atomic E-state index is 0.0154. The molecule has 0 saturated carbocycles. The number of benzene rings is 3. The Kier molecular flexibility index (Phi) is 7.52. The summed E-state index contributed by atoms with van der Waals surface area (Å²) in [5.41, 5.74) is 2.40. The third-order valence-corrected chi connectivity index (χ3v) is 5.21. The first-order chi connectivity index (χ1) is 17.0. The van der Waals surface area contributed by atoms with Gasteiger partial charge in [0.25, 0.3) is 11.8 Å². The molecular formula is C27H25N3O5. The van der Waals surface area contributed by atoms with Crippen LogP contribution in [0.3, 0.4) is 0 Å². The summed E-state index contributed by atoms with van der Waals surface area (Å²) < 4.78 is 10.6. The largest absolute Gasteiger partial charge is 0.454 e. The van der Waals surface area contributed by atoms with Crippen molar-refractivity contribution in [3.05, 3.63) is 90.0 Å². The van der Waals surface area contributed by atoms with Crippen molar-refractivity contribution in [3.8, 4) is 11.5 Å². The van der Waals surface area contributed by atoms with E-state index in [0.29, 0.717) is 22.9 Å². The molecule has 0 atom stereocenters. The Labute approximate surface area is 203 Å². The van der Waals surface area contributed by atoms with Gasteiger partial charge in [-0.3, -0.25) is 14.4 Å². The van der Waals surface area contributed by atoms with Crippen molar-refractivity contribution in [1.29, 1.82) is 0 Å². The van der Waals surface area contributed by atoms with Gasteiger partial charge in [0.15, 0.2) is 11.5 Å². The van der Waals surface area contributed by atoms with E-state index in [4.69, 9.17) is 9.47 Å². The number of nitrogens with one attached hydrogen (secondary N) is 1. The number of rotatable bonds is 8. The molecule has 0 saturated heterocycles. The van der Waals surface area contributed by atoms with Gasteiger partial charge in [0.05, 0.1) is 19.3 Å². The lowest BCUT2D eigenvalue weighted by atomic mass is 10.1. The standard InChI is InChI=1S/C27H25N3O5/c1-19(14-25(31)28-22-12-13-23-24(17-22)35-18-34-23)29-30(26(32)15-20-8-4-2-5-9-20)27(33)16-21-10-6-3-7-11-21/h2-13,17H,14-16,18H2,1H3,(H,28,31)/b29-19+. The van der Waals surface area contributed by atoms with E-state index < -0.39 is 11.8 Å². The predicted octanol–water partition coefficient (Wildman–Crippen LogP) is 3.96. The molecule has 1 N–H and O–H groups in total. The van der Waals surface area contributed by atoms with Gasteiger partial charge >= 0.3 is 0 Å². The zero-order chi connectivity index (χ0) is 24.6. The fourth-order valence-electron chi connectivity index (χ4n) is 3.56. The van der Waals surface area contributed by atoms with Gasteiger partial charge in [-0.2, -0.15) is 10.1 Å². The first-order valence-electron chi connectivity index (χ1n) is 11.1. The summed E-state index contributed by atoms with van der Waals surface area (Å²) in [6, 6.07) is 23.4. The molecule has 0 aromatic heterocycles. The van der Waals surface area contributed by atoms with Gasteiger partial charge in [-0.05, 0) is 30.2 Å². The van der Waals surface area contributed by atoms with E-state index in [0.717, 1.165) is 16.1 Å². The van der Waals surface area contributed by atoms with Crippen LogP contribution in [0.25, 0.3) is 0 Å². The molecule has 35 heavy (non-hydrogen) atoms. The Morgan fingerprint density at radius 3 is 2.00 bits per heavy atom. The summed E-state index contributed by atoms with van der Waals surface area (Å²) in [7, 11) is 0. The smallest absolute Gasteiger partial charge is 0.254 e. The number of carbonyl (C=O) groups is 3. The summed E-state index contributed by atoms with van der Waals surface area (Å²) >= 11 is 0. The van der Waals surface area contributed by atoms with Crippen molar-refractivity contribution in [2.24, 2.45) is 5.10 Å². The van der Waals surface area contributed by atoms with E-state index in [1.165, 1.54) is 0 Å². The highest BCUT2D eigenvalue weighted by molar-refractivity contribution is 6.07. The van der Waals surface area contributed by atoms with Crippen LogP contribution in [0.5, 0.6) is 11.5 Å². The normalized spacial score (nSPS) is 12.2. The number of ether oxygens (including phenoxy) is 2. The lowest BCUT2D eigenvalue weighted by molar-refractivity contribution is -0.144. The maximum atomic E-state index is 13.0. The second kappa shape index (κ2) is 11.1. The average molecular weight is 472 g/mol. The number of carbonyl (C=O) groups excluding carboxylic acids is 3. The van der Waals surface area contributed by atoms with E-state index >= 15 is 0 Å². The Bertz CT molecular complexity index is 1190. The molecule has 0 aliphatic carbocycles. The van der Waals surface area contributed by atoms with E-state index in [9.17, 15) is 14.4 Å². The molecule has 0 bridgehead atoms. The van der Waals surface area contributed by atoms with E-state index in [1.807, 2.05) is 60.7 Å². The highest BCUT2D eigenvalue weighted by Gasteiger charge is 2.23. The quantitative estimate of drug-likeness (QED) is 0.396. The van der Waals surface area contributed by atoms with Crippen LogP contribution in [0.1, 0.15) is 24.5 Å². The van der Waals surface area contributed by atoms with E-state index in [-0.39, 0.29) is 32.0 Å². The molecule has 0 fully saturated rings. The van der Waals surface area contributed by atoms with Gasteiger partial charge in [-0.25, -0.2) is 0 Å². The predicted molar refractivity (Wildman–Crippen MR) is 131 cm³/mol. The number of anilines is 1. The Morgan fingerprint density at radius 1 is 0.829 bits per heavy atom. The van der Waals surface area contributed by atoms with Crippen molar-refractivity contribution in [2.45, 2.75) is 26.2 Å². The molecule has 1 aliphatic heterocycles. The Hall–Kier alpha value is -4.46. The second-order valence-electron chi connectivity index (χ2n) is 8.05. The summed E-state index contributed by atoms with van der Waals surface area (Å²) in [6.07, 6.45) is -0.0642. The lowest BCUT2D eigenvalue weighted by Crippen LogP contribution is -2.36. The van der Waals surface area contributed by atoms with Gasteiger partial charge in [0.1, 0.15) is 0 Å². The number of imide groups is 1. The molecule has 1 aliphatic rings. The zero-order valence-corrected chi connectivity index (χ0v) is 19.3. The first-order valence-corrected chi connectivity index (χ1v) is 11.1. The van der Waals surface area contributed by atoms with Gasteiger partial charge in [-0.1, -0.05) is 60.7 Å². The SMILES string of the molecule is C/C(CC(=O)Nc1ccc2c(c1)OCO2)=N\N(C(=O)Cc1ccccc1)C(=O)Cc1ccccc1. The molecular weight excluding hydrogens is 446 g/mol. The molecule has 3 aromatic rings. The van der Waals surface area contributed by atoms with Crippen molar-refractivity contribution in [1.82, 2.24) is 5.01 Å². The minimum Gasteiger partial charge on any atom is -0.454 e. The number of hydrogen-bond donors (Lipinski definition) is 1. The molecule has 8 heteroatoms. The van der Waals surface area contributed by atoms with Crippen LogP contribution >= 0.6 is 0 Å². The molecule has 4 rings (SSSR count). The van der Waals surface area contributed by atoms with Crippen LogP contribution in [0.2, 0.25) is 0 Å². The van der Waals surface area contributed by atoms with E-state index in [2.05, 4.69) is 10.4 Å². The number of hydrogen-bond acceptors (Lipinski definition) is 6. The molecule has 3 aromatic carbocycles. The fourth-order valence-corrected chi connectivity index (χ4v) is 3.56. The molecule has 3 amide bonds. The molecule has 178 valence electrons. The van der Waals surface area contributed by atoms with Gasteiger partial charge in [0, 0.05) is 17.5 Å². The number of hydrazone groups is 1. The average Bonchev–Trinajstić information content (AvgIpc) is 3.31. The summed E-state index contributed by atoms with van der Waals surface area (Å²) in [5.74, 6) is -0.0981. The van der Waals surface area contributed by atoms with Crippen LogP contribution in [-0.2, 0) is 27.2 Å². The number of fused-ring (bicyclic) bond motifs is 1. The molecule has 1 heterocycles. The maximum absolute atomic E-state index is 13.0. The van der Waals surface area contributed by atoms with Gasteiger partial charge in [0.2, 0.25) is 12.7 Å². The van der Waals surface area contributed by atoms with Crippen LogP contribution in [-0.4, -0.2) is 35.2 Å². The van der Waals surface area contributed by atoms with Gasteiger partial charge < -0.3 is 14.8 Å². The number of nitrogens with zero attached hydrogens (tertiary/aromatic N) is 2. The third-order valence-electron chi connectivity index (χ3n) is 5.21. The van der Waals surface area contributed by atoms with Crippen LogP contribution in [0, 0.1) is 0 Å². The van der Waals surface area contributed by atoms with Crippen LogP contribution < -0.4 is 14.8 Å². The Morgan fingerprint density at radius 2 is 1.40 bits per heavy atom. The van der Waals surface area contributed by atoms with Crippen molar-refractivity contribution < 1.29 is 23.9 Å². The van der Waals surface area contributed by atoms with Crippen molar-refractivity contribution >= 4 is 29.1 Å². The van der Waals surface area contributed by atoms with Gasteiger partial charge in [-0.15, -0.1) is 0 Å². The third kappa shape index (κ3) is 6.54. The van der Waals surface area contributed by atoms with Crippen LogP contribution in [0.15, 0.2) is 84.0 Å². The number of amides is 3. The lowest BCUT2D eigenvalue weighted by Gasteiger charge is -2.17. The summed E-state index contributed by atoms with van der Waals surface area (Å²) in [5, 5.41) is 7.90. The maximum Gasteiger partial charge on any atom is 0.254 e. The van der Waals surface area contributed by atoms with Crippen LogP contribution in [0.4, 0.5) is 5.69 Å². The topological polar surface area (TPSA) is 97.3 Å².